The lowest BCUT2D eigenvalue weighted by atomic mass is 9.79. The van der Waals surface area contributed by atoms with Gasteiger partial charge < -0.3 is 34.4 Å². The van der Waals surface area contributed by atoms with Crippen LogP contribution in [0, 0.1) is 0 Å². The molecule has 2 aliphatic heterocycles. The summed E-state index contributed by atoms with van der Waals surface area (Å²) in [5.41, 5.74) is 1.90. The van der Waals surface area contributed by atoms with Crippen molar-refractivity contribution in [1.82, 2.24) is 20.2 Å². The zero-order valence-corrected chi connectivity index (χ0v) is 21.7. The first kappa shape index (κ1) is 26.2. The molecule has 36 heavy (non-hydrogen) atoms. The van der Waals surface area contributed by atoms with Crippen LogP contribution < -0.4 is 10.8 Å². The van der Waals surface area contributed by atoms with Crippen molar-refractivity contribution in [3.8, 4) is 11.3 Å². The molecule has 0 bridgehead atoms. The van der Waals surface area contributed by atoms with E-state index in [0.717, 1.165) is 29.6 Å². The van der Waals surface area contributed by atoms with Crippen LogP contribution in [0.15, 0.2) is 30.5 Å². The van der Waals surface area contributed by atoms with Gasteiger partial charge in [-0.15, -0.1) is 0 Å². The van der Waals surface area contributed by atoms with Crippen LogP contribution in [0.1, 0.15) is 59.3 Å². The number of aromatic amines is 1. The van der Waals surface area contributed by atoms with Crippen LogP contribution in [0.4, 0.5) is 4.79 Å². The van der Waals surface area contributed by atoms with Crippen LogP contribution >= 0.6 is 0 Å². The van der Waals surface area contributed by atoms with E-state index in [1.165, 1.54) is 14.0 Å². The maximum atomic E-state index is 13.2. The molecule has 0 spiro atoms. The average molecular weight is 498 g/mol. The average Bonchev–Trinajstić information content (AvgIpc) is 3.54. The number of ether oxygens (including phenoxy) is 1. The van der Waals surface area contributed by atoms with Gasteiger partial charge >= 0.3 is 13.2 Å². The number of carbonyl (C=O) groups is 2. The van der Waals surface area contributed by atoms with Gasteiger partial charge in [0.15, 0.2) is 0 Å². The van der Waals surface area contributed by atoms with E-state index in [0.29, 0.717) is 12.4 Å². The second kappa shape index (κ2) is 9.87. The number of aliphatic hydroxyl groups is 1. The van der Waals surface area contributed by atoms with Gasteiger partial charge in [-0.05, 0) is 58.5 Å². The topological polar surface area (TPSA) is 126 Å². The smallest absolute Gasteiger partial charge is 0.453 e. The number of H-pyrrole nitrogens is 1. The molecular formula is C25H35BN4O6. The second-order valence-corrected chi connectivity index (χ2v) is 10.4. The van der Waals surface area contributed by atoms with Crippen LogP contribution in [0.5, 0.6) is 0 Å². The lowest BCUT2D eigenvalue weighted by Gasteiger charge is -2.32. The predicted octanol–water partition coefficient (Wildman–Crippen LogP) is 2.14. The number of methoxy groups -OCH3 is 1. The van der Waals surface area contributed by atoms with Gasteiger partial charge in [0.05, 0.1) is 42.3 Å². The molecule has 2 fully saturated rings. The molecule has 2 amide bonds. The van der Waals surface area contributed by atoms with E-state index in [-0.39, 0.29) is 11.9 Å². The number of hydrogen-bond donors (Lipinski definition) is 3. The third-order valence-electron chi connectivity index (χ3n) is 7.40. The summed E-state index contributed by atoms with van der Waals surface area (Å²) in [6.07, 6.45) is 1.42. The van der Waals surface area contributed by atoms with Gasteiger partial charge in [0, 0.05) is 6.54 Å². The molecule has 3 heterocycles. The van der Waals surface area contributed by atoms with E-state index in [1.54, 1.807) is 11.1 Å². The van der Waals surface area contributed by atoms with Crippen molar-refractivity contribution in [3.05, 3.63) is 36.3 Å². The maximum absolute atomic E-state index is 13.2. The summed E-state index contributed by atoms with van der Waals surface area (Å²) in [6.45, 7) is 10.1. The fourth-order valence-corrected chi connectivity index (χ4v) is 4.52. The number of alkyl carbamates (subject to hydrolysis) is 1. The second-order valence-electron chi connectivity index (χ2n) is 10.4. The lowest BCUT2D eigenvalue weighted by molar-refractivity contribution is -0.137. The van der Waals surface area contributed by atoms with Crippen molar-refractivity contribution < 1.29 is 28.7 Å². The van der Waals surface area contributed by atoms with Crippen molar-refractivity contribution in [2.45, 2.75) is 76.9 Å². The molecule has 10 nitrogen and oxygen atoms in total. The Morgan fingerprint density at radius 2 is 1.86 bits per heavy atom. The van der Waals surface area contributed by atoms with Gasteiger partial charge in [-0.2, -0.15) is 0 Å². The molecule has 2 aromatic rings. The third-order valence-corrected chi connectivity index (χ3v) is 7.40. The number of nitrogens with one attached hydrogen (secondary N) is 2. The molecule has 194 valence electrons. The van der Waals surface area contributed by atoms with E-state index in [9.17, 15) is 14.7 Å². The molecule has 4 rings (SSSR count). The summed E-state index contributed by atoms with van der Waals surface area (Å²) in [5.74, 6) is 0.288. The van der Waals surface area contributed by atoms with Crippen LogP contribution in [0.2, 0.25) is 0 Å². The van der Waals surface area contributed by atoms with Gasteiger partial charge in [-0.25, -0.2) is 9.78 Å². The monoisotopic (exact) mass is 498 g/mol. The maximum Gasteiger partial charge on any atom is 0.494 e. The van der Waals surface area contributed by atoms with Crippen LogP contribution in [-0.4, -0.2) is 76.1 Å². The summed E-state index contributed by atoms with van der Waals surface area (Å²) in [4.78, 5) is 34.4. The fraction of sp³-hybridized carbons (Fsp3) is 0.560. The van der Waals surface area contributed by atoms with E-state index >= 15 is 0 Å². The Morgan fingerprint density at radius 1 is 1.22 bits per heavy atom. The standard InChI is InChI=1S/C25H35BN4O6/c1-15(31)20(29-23(33)34-6)22(32)30-13-7-8-19(30)21-27-14-18(28-21)16-9-11-17(12-10-16)26-35-24(2,3)25(4,5)36-26/h9-12,14-15,19-20,31H,7-8,13H2,1-6H3,(H,27,28)(H,29,33)/t15-,19+,20+/m1/s1. The van der Waals surface area contributed by atoms with Crippen molar-refractivity contribution in [1.29, 1.82) is 0 Å². The first-order valence-corrected chi connectivity index (χ1v) is 12.3. The number of carbonyl (C=O) groups excluding carboxylic acids is 2. The number of likely N-dealkylation sites (tertiary alicyclic amines) is 1. The highest BCUT2D eigenvalue weighted by atomic mass is 16.7. The Kier molecular flexibility index (Phi) is 7.18. The normalized spacial score (nSPS) is 22.4. The van der Waals surface area contributed by atoms with E-state index in [2.05, 4.69) is 20.0 Å². The van der Waals surface area contributed by atoms with Gasteiger partial charge in [0.2, 0.25) is 5.91 Å². The highest BCUT2D eigenvalue weighted by molar-refractivity contribution is 6.62. The van der Waals surface area contributed by atoms with E-state index in [4.69, 9.17) is 9.31 Å². The summed E-state index contributed by atoms with van der Waals surface area (Å²) in [5, 5.41) is 12.5. The molecule has 0 radical (unpaired) electrons. The summed E-state index contributed by atoms with van der Waals surface area (Å²) >= 11 is 0. The number of aromatic nitrogens is 2. The molecule has 3 N–H and O–H groups in total. The minimum atomic E-state index is -1.10. The number of imidazole rings is 1. The molecule has 2 aliphatic rings. The number of aliphatic hydroxyl groups excluding tert-OH is 1. The predicted molar refractivity (Wildman–Crippen MR) is 134 cm³/mol. The van der Waals surface area contributed by atoms with Gasteiger partial charge in [-0.3, -0.25) is 4.79 Å². The Balaban J connectivity index is 1.48. The van der Waals surface area contributed by atoms with Crippen molar-refractivity contribution in [2.75, 3.05) is 13.7 Å². The van der Waals surface area contributed by atoms with Crippen molar-refractivity contribution >= 4 is 24.6 Å². The van der Waals surface area contributed by atoms with Gasteiger partial charge in [-0.1, -0.05) is 24.3 Å². The zero-order valence-electron chi connectivity index (χ0n) is 21.7. The molecule has 11 heteroatoms. The molecule has 1 aromatic heterocycles. The molecule has 0 unspecified atom stereocenters. The lowest BCUT2D eigenvalue weighted by Crippen LogP contribution is -2.53. The first-order chi connectivity index (χ1) is 16.9. The van der Waals surface area contributed by atoms with Crippen molar-refractivity contribution in [2.24, 2.45) is 0 Å². The number of benzene rings is 1. The third kappa shape index (κ3) is 5.00. The number of amides is 2. The Bertz CT molecular complexity index is 1080. The molecule has 2 saturated heterocycles. The molecule has 1 aromatic carbocycles. The highest BCUT2D eigenvalue weighted by Gasteiger charge is 2.51. The minimum Gasteiger partial charge on any atom is -0.453 e. The molecule has 0 saturated carbocycles. The van der Waals surface area contributed by atoms with Gasteiger partial charge in [0.1, 0.15) is 11.9 Å². The molecule has 3 atom stereocenters. The Morgan fingerprint density at radius 3 is 2.44 bits per heavy atom. The first-order valence-electron chi connectivity index (χ1n) is 12.3. The van der Waals surface area contributed by atoms with Crippen molar-refractivity contribution in [3.63, 3.8) is 0 Å². The Hall–Kier alpha value is -2.89. The SMILES string of the molecule is COC(=O)N[C@H](C(=O)N1CCC[C@H]1c1ncc(-c2ccc(B3OC(C)(C)C(C)(C)O3)cc2)[nH]1)[C@@H](C)O. The minimum absolute atomic E-state index is 0.282. The number of hydrogen-bond acceptors (Lipinski definition) is 7. The van der Waals surface area contributed by atoms with Crippen LogP contribution in [-0.2, 0) is 18.8 Å². The van der Waals surface area contributed by atoms with E-state index in [1.807, 2.05) is 52.0 Å². The van der Waals surface area contributed by atoms with Gasteiger partial charge in [0.25, 0.3) is 0 Å². The summed E-state index contributed by atoms with van der Waals surface area (Å²) in [6, 6.07) is 6.55. The zero-order chi connectivity index (χ0) is 26.3. The van der Waals surface area contributed by atoms with Crippen LogP contribution in [0.25, 0.3) is 11.3 Å². The summed E-state index contributed by atoms with van der Waals surface area (Å²) < 4.78 is 16.9. The van der Waals surface area contributed by atoms with Crippen LogP contribution in [0.3, 0.4) is 0 Å². The Labute approximate surface area is 211 Å². The molecular weight excluding hydrogens is 463 g/mol. The highest BCUT2D eigenvalue weighted by Crippen LogP contribution is 2.37. The van der Waals surface area contributed by atoms with E-state index < -0.39 is 36.6 Å². The summed E-state index contributed by atoms with van der Waals surface area (Å²) in [7, 11) is 0.782. The largest absolute Gasteiger partial charge is 0.494 e. The number of nitrogens with zero attached hydrogens (tertiary/aromatic N) is 2. The fourth-order valence-electron chi connectivity index (χ4n) is 4.52. The molecule has 0 aliphatic carbocycles. The quantitative estimate of drug-likeness (QED) is 0.521. The number of rotatable bonds is 6.